The molecule has 0 unspecified atom stereocenters. The fraction of sp³-hybridized carbons (Fsp3) is 0.500. The number of hydrogen-bond donors (Lipinski definition) is 0. The summed E-state index contributed by atoms with van der Waals surface area (Å²) in [7, 11) is 2.12. The van der Waals surface area contributed by atoms with Gasteiger partial charge >= 0.3 is 10.6 Å². The fourth-order valence-electron chi connectivity index (χ4n) is 2.74. The topological polar surface area (TPSA) is 50.5 Å². The first kappa shape index (κ1) is 16.2. The molecule has 23 heavy (non-hydrogen) atoms. The molecule has 1 aromatic carbocycles. The third-order valence-electron chi connectivity index (χ3n) is 4.25. The lowest BCUT2D eigenvalue weighted by Gasteiger charge is -2.32. The summed E-state index contributed by atoms with van der Waals surface area (Å²) in [5, 5.41) is 0. The van der Waals surface area contributed by atoms with Gasteiger partial charge in [0.25, 0.3) is 0 Å². The number of rotatable bonds is 5. The van der Waals surface area contributed by atoms with Crippen molar-refractivity contribution in [3.63, 3.8) is 0 Å². The first-order valence-electron chi connectivity index (χ1n) is 7.89. The molecular weight excluding hydrogens is 312 g/mol. The maximum absolute atomic E-state index is 12.4. The van der Waals surface area contributed by atoms with Crippen LogP contribution >= 0.6 is 11.5 Å². The van der Waals surface area contributed by atoms with E-state index in [9.17, 15) is 9.59 Å². The summed E-state index contributed by atoms with van der Waals surface area (Å²) in [6.45, 7) is 5.90. The Labute approximate surface area is 139 Å². The van der Waals surface area contributed by atoms with E-state index in [1.54, 1.807) is 3.96 Å². The van der Waals surface area contributed by atoms with Crippen LogP contribution in [0.25, 0.3) is 0 Å². The van der Waals surface area contributed by atoms with Crippen molar-refractivity contribution in [2.75, 3.05) is 39.8 Å². The van der Waals surface area contributed by atoms with Gasteiger partial charge in [-0.2, -0.15) is 0 Å². The van der Waals surface area contributed by atoms with Gasteiger partial charge in [-0.15, -0.1) is 0 Å². The Morgan fingerprint density at radius 2 is 1.70 bits per heavy atom. The Morgan fingerprint density at radius 1 is 1.00 bits per heavy atom. The Kier molecular flexibility index (Phi) is 5.09. The maximum Gasteiger partial charge on any atom is 0.341 e. The summed E-state index contributed by atoms with van der Waals surface area (Å²) in [5.41, 5.74) is 0.772. The maximum atomic E-state index is 12.4. The largest absolute Gasteiger partial charge is 0.341 e. The molecule has 1 aliphatic rings. The van der Waals surface area contributed by atoms with Crippen LogP contribution in [0.5, 0.6) is 0 Å². The third-order valence-corrected chi connectivity index (χ3v) is 5.19. The standard InChI is InChI=1S/C16H22N4O2S/c1-17-7-9-18(10-8-17)11-12-20-15(21)19(16(22)23-20)13-14-5-3-2-4-6-14/h2-6H,7-13H2,1H3. The Morgan fingerprint density at radius 3 is 2.39 bits per heavy atom. The molecule has 124 valence electrons. The van der Waals surface area contributed by atoms with Crippen molar-refractivity contribution < 1.29 is 0 Å². The molecule has 0 aliphatic carbocycles. The lowest BCUT2D eigenvalue weighted by atomic mass is 10.2. The van der Waals surface area contributed by atoms with Gasteiger partial charge < -0.3 is 4.90 Å². The second-order valence-electron chi connectivity index (χ2n) is 5.96. The molecule has 7 heteroatoms. The van der Waals surface area contributed by atoms with E-state index in [1.807, 2.05) is 30.3 Å². The molecule has 0 atom stereocenters. The van der Waals surface area contributed by atoms with Crippen molar-refractivity contribution in [2.45, 2.75) is 13.1 Å². The van der Waals surface area contributed by atoms with Crippen LogP contribution in [0, 0.1) is 0 Å². The Bertz CT molecular complexity index is 741. The van der Waals surface area contributed by atoms with Crippen LogP contribution in [0.2, 0.25) is 0 Å². The van der Waals surface area contributed by atoms with E-state index >= 15 is 0 Å². The second kappa shape index (κ2) is 7.25. The van der Waals surface area contributed by atoms with Crippen LogP contribution < -0.4 is 10.6 Å². The van der Waals surface area contributed by atoms with Gasteiger partial charge in [0.05, 0.1) is 13.1 Å². The third kappa shape index (κ3) is 3.99. The highest BCUT2D eigenvalue weighted by molar-refractivity contribution is 7.03. The molecule has 0 amide bonds. The van der Waals surface area contributed by atoms with E-state index in [-0.39, 0.29) is 10.6 Å². The Balaban J connectivity index is 1.66. The molecule has 0 bridgehead atoms. The summed E-state index contributed by atoms with van der Waals surface area (Å²) in [4.78, 5) is 29.0. The highest BCUT2D eigenvalue weighted by atomic mass is 32.1. The molecule has 1 fully saturated rings. The summed E-state index contributed by atoms with van der Waals surface area (Å²) >= 11 is 1.02. The lowest BCUT2D eigenvalue weighted by Crippen LogP contribution is -2.45. The number of likely N-dealkylation sites (N-methyl/N-ethyl adjacent to an activating group) is 1. The van der Waals surface area contributed by atoms with E-state index < -0.39 is 0 Å². The normalized spacial score (nSPS) is 16.7. The van der Waals surface area contributed by atoms with E-state index in [2.05, 4.69) is 16.8 Å². The lowest BCUT2D eigenvalue weighted by molar-refractivity contribution is 0.150. The zero-order chi connectivity index (χ0) is 16.2. The van der Waals surface area contributed by atoms with Gasteiger partial charge in [0.2, 0.25) is 0 Å². The van der Waals surface area contributed by atoms with Gasteiger partial charge in [0.1, 0.15) is 0 Å². The highest BCUT2D eigenvalue weighted by Crippen LogP contribution is 2.02. The number of benzene rings is 1. The van der Waals surface area contributed by atoms with Crippen LogP contribution in [0.1, 0.15) is 5.56 Å². The summed E-state index contributed by atoms with van der Waals surface area (Å²) in [6.07, 6.45) is 0. The molecule has 1 aromatic heterocycles. The number of nitrogens with zero attached hydrogens (tertiary/aromatic N) is 4. The van der Waals surface area contributed by atoms with E-state index in [1.165, 1.54) is 4.57 Å². The van der Waals surface area contributed by atoms with E-state index in [0.717, 1.165) is 49.8 Å². The molecule has 1 aliphatic heterocycles. The van der Waals surface area contributed by atoms with E-state index in [0.29, 0.717) is 13.1 Å². The summed E-state index contributed by atoms with van der Waals surface area (Å²) in [5.74, 6) is 0. The average Bonchev–Trinajstić information content (AvgIpc) is 2.83. The quantitative estimate of drug-likeness (QED) is 0.793. The molecule has 6 nitrogen and oxygen atoms in total. The second-order valence-corrected chi connectivity index (χ2v) is 6.93. The fourth-order valence-corrected chi connectivity index (χ4v) is 3.52. The molecule has 3 rings (SSSR count). The molecule has 0 saturated carbocycles. The van der Waals surface area contributed by atoms with Crippen molar-refractivity contribution in [1.29, 1.82) is 0 Å². The SMILES string of the molecule is CN1CCN(CCn2sc(=O)n(Cc3ccccc3)c2=O)CC1. The average molecular weight is 334 g/mol. The molecular formula is C16H22N4O2S. The number of aromatic nitrogens is 2. The minimum absolute atomic E-state index is 0.183. The van der Waals surface area contributed by atoms with Crippen molar-refractivity contribution in [1.82, 2.24) is 18.3 Å². The van der Waals surface area contributed by atoms with Crippen LogP contribution in [0.15, 0.2) is 39.9 Å². The van der Waals surface area contributed by atoms with Crippen molar-refractivity contribution in [2.24, 2.45) is 0 Å². The van der Waals surface area contributed by atoms with Crippen molar-refractivity contribution in [3.05, 3.63) is 56.0 Å². The van der Waals surface area contributed by atoms with Gasteiger partial charge in [0, 0.05) is 44.3 Å². The zero-order valence-corrected chi connectivity index (χ0v) is 14.2. The van der Waals surface area contributed by atoms with Crippen LogP contribution in [0.3, 0.4) is 0 Å². The van der Waals surface area contributed by atoms with Gasteiger partial charge in [-0.3, -0.25) is 9.69 Å². The van der Waals surface area contributed by atoms with Crippen molar-refractivity contribution >= 4 is 11.5 Å². The predicted molar refractivity (Wildman–Crippen MR) is 92.3 cm³/mol. The number of piperazine rings is 1. The van der Waals surface area contributed by atoms with Crippen LogP contribution in [-0.4, -0.2) is 58.1 Å². The predicted octanol–water partition coefficient (Wildman–Crippen LogP) is 0.367. The van der Waals surface area contributed by atoms with Crippen LogP contribution in [0.4, 0.5) is 0 Å². The van der Waals surface area contributed by atoms with E-state index in [4.69, 9.17) is 0 Å². The summed E-state index contributed by atoms with van der Waals surface area (Å²) in [6, 6.07) is 9.61. The van der Waals surface area contributed by atoms with Gasteiger partial charge in [-0.1, -0.05) is 30.3 Å². The first-order chi connectivity index (χ1) is 11.1. The molecule has 0 N–H and O–H groups in total. The minimum atomic E-state index is -0.196. The molecule has 2 heterocycles. The molecule has 1 saturated heterocycles. The Hall–Kier alpha value is -1.70. The summed E-state index contributed by atoms with van der Waals surface area (Å²) < 4.78 is 2.91. The van der Waals surface area contributed by atoms with Gasteiger partial charge in [0.15, 0.2) is 0 Å². The number of hydrogen-bond acceptors (Lipinski definition) is 5. The smallest absolute Gasteiger partial charge is 0.304 e. The first-order valence-corrected chi connectivity index (χ1v) is 8.66. The van der Waals surface area contributed by atoms with Gasteiger partial charge in [-0.05, 0) is 12.6 Å². The van der Waals surface area contributed by atoms with Gasteiger partial charge in [-0.25, -0.2) is 13.3 Å². The zero-order valence-electron chi connectivity index (χ0n) is 13.4. The molecule has 0 spiro atoms. The monoisotopic (exact) mass is 334 g/mol. The molecule has 2 aromatic rings. The van der Waals surface area contributed by atoms with Crippen LogP contribution in [-0.2, 0) is 13.1 Å². The minimum Gasteiger partial charge on any atom is -0.304 e. The van der Waals surface area contributed by atoms with Crippen molar-refractivity contribution in [3.8, 4) is 0 Å². The highest BCUT2D eigenvalue weighted by Gasteiger charge is 2.15. The molecule has 0 radical (unpaired) electrons.